The molecule has 0 aromatic heterocycles. The Morgan fingerprint density at radius 2 is 2.26 bits per heavy atom. The molecule has 0 spiro atoms. The van der Waals surface area contributed by atoms with Crippen molar-refractivity contribution in [1.29, 1.82) is 0 Å². The molecule has 0 amide bonds. The minimum Gasteiger partial charge on any atom is -0.478 e. The number of carboxylic acid groups (broad SMARTS) is 1. The standard InChI is InChI=1S/C15H21NO3/c1-11(6-8-19-2)16-7-5-12-3-4-13(15(17)18)9-14(12)10-16/h3-4,9,11H,5-8,10H2,1-2H3,(H,17,18). The van der Waals surface area contributed by atoms with Crippen molar-refractivity contribution in [3.8, 4) is 0 Å². The summed E-state index contributed by atoms with van der Waals surface area (Å²) >= 11 is 0. The maximum Gasteiger partial charge on any atom is 0.335 e. The van der Waals surface area contributed by atoms with Gasteiger partial charge in [-0.1, -0.05) is 6.07 Å². The SMILES string of the molecule is COCCC(C)N1CCc2ccc(C(=O)O)cc2C1. The normalized spacial score (nSPS) is 16.9. The number of methoxy groups -OCH3 is 1. The van der Waals surface area contributed by atoms with Crippen molar-refractivity contribution in [3.05, 3.63) is 34.9 Å². The summed E-state index contributed by atoms with van der Waals surface area (Å²) in [6.45, 7) is 4.83. The first-order chi connectivity index (χ1) is 9.11. The highest BCUT2D eigenvalue weighted by Crippen LogP contribution is 2.22. The van der Waals surface area contributed by atoms with Crippen LogP contribution in [0.5, 0.6) is 0 Å². The van der Waals surface area contributed by atoms with Crippen LogP contribution in [0.3, 0.4) is 0 Å². The highest BCUT2D eigenvalue weighted by Gasteiger charge is 2.21. The third kappa shape index (κ3) is 3.33. The van der Waals surface area contributed by atoms with Crippen LogP contribution < -0.4 is 0 Å². The summed E-state index contributed by atoms with van der Waals surface area (Å²) in [6.07, 6.45) is 2.00. The van der Waals surface area contributed by atoms with Crippen molar-refractivity contribution in [1.82, 2.24) is 4.90 Å². The van der Waals surface area contributed by atoms with Crippen molar-refractivity contribution < 1.29 is 14.6 Å². The second-order valence-electron chi connectivity index (χ2n) is 5.14. The van der Waals surface area contributed by atoms with Crippen molar-refractivity contribution in [2.45, 2.75) is 32.4 Å². The van der Waals surface area contributed by atoms with Gasteiger partial charge in [-0.3, -0.25) is 4.90 Å². The Kier molecular flexibility index (Phi) is 4.56. The van der Waals surface area contributed by atoms with Crippen LogP contribution in [0.4, 0.5) is 0 Å². The van der Waals surface area contributed by atoms with E-state index in [0.717, 1.165) is 38.1 Å². The lowest BCUT2D eigenvalue weighted by atomic mass is 9.96. The fourth-order valence-electron chi connectivity index (χ4n) is 2.56. The average molecular weight is 263 g/mol. The first kappa shape index (κ1) is 14.0. The Labute approximate surface area is 114 Å². The van der Waals surface area contributed by atoms with Crippen molar-refractivity contribution in [2.75, 3.05) is 20.3 Å². The number of aromatic carboxylic acids is 1. The molecule has 0 saturated heterocycles. The number of hydrogen-bond acceptors (Lipinski definition) is 3. The molecule has 104 valence electrons. The molecule has 2 rings (SSSR count). The zero-order valence-corrected chi connectivity index (χ0v) is 11.6. The Balaban J connectivity index is 2.09. The summed E-state index contributed by atoms with van der Waals surface area (Å²) in [6, 6.07) is 5.93. The zero-order valence-electron chi connectivity index (χ0n) is 11.6. The second-order valence-corrected chi connectivity index (χ2v) is 5.14. The number of benzene rings is 1. The summed E-state index contributed by atoms with van der Waals surface area (Å²) in [7, 11) is 1.72. The van der Waals surface area contributed by atoms with Crippen molar-refractivity contribution >= 4 is 5.97 Å². The van der Waals surface area contributed by atoms with Crippen molar-refractivity contribution in [3.63, 3.8) is 0 Å². The molecular formula is C15H21NO3. The molecule has 0 fully saturated rings. The van der Waals surface area contributed by atoms with E-state index in [1.807, 2.05) is 12.1 Å². The summed E-state index contributed by atoms with van der Waals surface area (Å²) in [4.78, 5) is 13.4. The van der Waals surface area contributed by atoms with Gasteiger partial charge in [0.05, 0.1) is 5.56 Å². The molecule has 0 saturated carbocycles. The van der Waals surface area contributed by atoms with Crippen LogP contribution in [0.25, 0.3) is 0 Å². The van der Waals surface area contributed by atoms with Gasteiger partial charge in [0.2, 0.25) is 0 Å². The lowest BCUT2D eigenvalue weighted by molar-refractivity contribution is 0.0696. The van der Waals surface area contributed by atoms with E-state index in [-0.39, 0.29) is 0 Å². The van der Waals surface area contributed by atoms with E-state index in [1.165, 1.54) is 5.56 Å². The minimum atomic E-state index is -0.854. The van der Waals surface area contributed by atoms with Crippen LogP contribution in [0.2, 0.25) is 0 Å². The number of carboxylic acids is 1. The molecule has 1 aromatic carbocycles. The van der Waals surface area contributed by atoms with E-state index in [1.54, 1.807) is 13.2 Å². The van der Waals surface area contributed by atoms with E-state index in [0.29, 0.717) is 11.6 Å². The zero-order chi connectivity index (χ0) is 13.8. The van der Waals surface area contributed by atoms with Gasteiger partial charge in [-0.15, -0.1) is 0 Å². The molecule has 0 radical (unpaired) electrons. The summed E-state index contributed by atoms with van der Waals surface area (Å²) in [5.74, 6) is -0.854. The monoisotopic (exact) mass is 263 g/mol. The maximum absolute atomic E-state index is 11.0. The smallest absolute Gasteiger partial charge is 0.335 e. The van der Waals surface area contributed by atoms with Crippen LogP contribution in [-0.2, 0) is 17.7 Å². The van der Waals surface area contributed by atoms with E-state index < -0.39 is 5.97 Å². The molecule has 4 nitrogen and oxygen atoms in total. The lowest BCUT2D eigenvalue weighted by Crippen LogP contribution is -2.38. The number of rotatable bonds is 5. The Hall–Kier alpha value is -1.39. The van der Waals surface area contributed by atoms with Crippen LogP contribution in [0.15, 0.2) is 18.2 Å². The molecule has 19 heavy (non-hydrogen) atoms. The van der Waals surface area contributed by atoms with Crippen molar-refractivity contribution in [2.24, 2.45) is 0 Å². The third-order valence-electron chi connectivity index (χ3n) is 3.86. The number of nitrogens with zero attached hydrogens (tertiary/aromatic N) is 1. The molecule has 1 unspecified atom stereocenters. The van der Waals surface area contributed by atoms with Gasteiger partial charge in [0.15, 0.2) is 0 Å². The van der Waals surface area contributed by atoms with Crippen LogP contribution >= 0.6 is 0 Å². The van der Waals surface area contributed by atoms with Gasteiger partial charge in [-0.2, -0.15) is 0 Å². The highest BCUT2D eigenvalue weighted by molar-refractivity contribution is 5.87. The average Bonchev–Trinajstić information content (AvgIpc) is 2.43. The van der Waals surface area contributed by atoms with Gasteiger partial charge in [-0.05, 0) is 43.0 Å². The first-order valence-electron chi connectivity index (χ1n) is 6.70. The summed E-state index contributed by atoms with van der Waals surface area (Å²) in [5.41, 5.74) is 2.81. The number of fused-ring (bicyclic) bond motifs is 1. The van der Waals surface area contributed by atoms with Gasteiger partial charge >= 0.3 is 5.97 Å². The predicted octanol–water partition coefficient (Wildman–Crippen LogP) is 2.17. The topological polar surface area (TPSA) is 49.8 Å². The quantitative estimate of drug-likeness (QED) is 0.884. The molecule has 4 heteroatoms. The van der Waals surface area contributed by atoms with Gasteiger partial charge in [0, 0.05) is 32.8 Å². The lowest BCUT2D eigenvalue weighted by Gasteiger charge is -2.33. The molecule has 1 atom stereocenters. The molecule has 1 N–H and O–H groups in total. The summed E-state index contributed by atoms with van der Waals surface area (Å²) in [5, 5.41) is 9.05. The summed E-state index contributed by atoms with van der Waals surface area (Å²) < 4.78 is 5.12. The van der Waals surface area contributed by atoms with E-state index in [4.69, 9.17) is 9.84 Å². The molecule has 1 aliphatic heterocycles. The van der Waals surface area contributed by atoms with Gasteiger partial charge in [0.1, 0.15) is 0 Å². The van der Waals surface area contributed by atoms with Gasteiger partial charge < -0.3 is 9.84 Å². The number of carbonyl (C=O) groups is 1. The van der Waals surface area contributed by atoms with Crippen LogP contribution in [-0.4, -0.2) is 42.3 Å². The van der Waals surface area contributed by atoms with E-state index in [9.17, 15) is 4.79 Å². The molecule has 0 bridgehead atoms. The van der Waals surface area contributed by atoms with E-state index >= 15 is 0 Å². The largest absolute Gasteiger partial charge is 0.478 e. The minimum absolute atomic E-state index is 0.380. The van der Waals surface area contributed by atoms with Crippen LogP contribution in [0, 0.1) is 0 Å². The molecule has 0 aliphatic carbocycles. The first-order valence-corrected chi connectivity index (χ1v) is 6.70. The number of hydrogen-bond donors (Lipinski definition) is 1. The van der Waals surface area contributed by atoms with E-state index in [2.05, 4.69) is 11.8 Å². The third-order valence-corrected chi connectivity index (χ3v) is 3.86. The Morgan fingerprint density at radius 3 is 2.95 bits per heavy atom. The fourth-order valence-corrected chi connectivity index (χ4v) is 2.56. The molecule has 1 heterocycles. The predicted molar refractivity (Wildman–Crippen MR) is 73.5 cm³/mol. The van der Waals surface area contributed by atoms with Crippen LogP contribution in [0.1, 0.15) is 34.8 Å². The Morgan fingerprint density at radius 1 is 1.47 bits per heavy atom. The molecular weight excluding hydrogens is 242 g/mol. The van der Waals surface area contributed by atoms with Gasteiger partial charge in [-0.25, -0.2) is 4.79 Å². The Bertz CT molecular complexity index is 459. The highest BCUT2D eigenvalue weighted by atomic mass is 16.5. The second kappa shape index (κ2) is 6.17. The van der Waals surface area contributed by atoms with Gasteiger partial charge in [0.25, 0.3) is 0 Å². The molecule has 1 aliphatic rings. The maximum atomic E-state index is 11.0. The number of ether oxygens (including phenoxy) is 1. The molecule has 1 aromatic rings. The fraction of sp³-hybridized carbons (Fsp3) is 0.533.